The molecule has 0 saturated carbocycles. The van der Waals surface area contributed by atoms with Crippen LogP contribution in [0.2, 0.25) is 0 Å². The third-order valence-corrected chi connectivity index (χ3v) is 3.69. The van der Waals surface area contributed by atoms with E-state index in [1.54, 1.807) is 0 Å². The molecule has 0 aliphatic carbocycles. The lowest BCUT2D eigenvalue weighted by molar-refractivity contribution is 0.171. The molecule has 100 valence electrons. The maximum atomic E-state index is 5.47. The Bertz CT molecular complexity index is 373. The summed E-state index contributed by atoms with van der Waals surface area (Å²) in [6.07, 6.45) is 2.19. The van der Waals surface area contributed by atoms with Crippen LogP contribution in [0.25, 0.3) is 0 Å². The van der Waals surface area contributed by atoms with Gasteiger partial charge in [-0.25, -0.2) is 0 Å². The van der Waals surface area contributed by atoms with E-state index in [-0.39, 0.29) is 5.54 Å². The zero-order valence-electron chi connectivity index (χ0n) is 11.5. The van der Waals surface area contributed by atoms with E-state index in [0.29, 0.717) is 0 Å². The molecule has 18 heavy (non-hydrogen) atoms. The van der Waals surface area contributed by atoms with E-state index in [9.17, 15) is 0 Å². The minimum absolute atomic E-state index is 0.149. The molecule has 3 nitrogen and oxygen atoms in total. The maximum Gasteiger partial charge on any atom is 0.0646 e. The van der Waals surface area contributed by atoms with Crippen LogP contribution in [0.5, 0.6) is 0 Å². The Labute approximate surface area is 110 Å². The first-order valence-electron chi connectivity index (χ1n) is 6.78. The Morgan fingerprint density at radius 3 is 2.72 bits per heavy atom. The van der Waals surface area contributed by atoms with Gasteiger partial charge in [0.05, 0.1) is 6.61 Å². The highest BCUT2D eigenvalue weighted by Crippen LogP contribution is 2.19. The summed E-state index contributed by atoms with van der Waals surface area (Å²) in [4.78, 5) is 0. The van der Waals surface area contributed by atoms with Crippen molar-refractivity contribution in [3.8, 4) is 0 Å². The minimum Gasteiger partial charge on any atom is -0.379 e. The molecule has 2 N–H and O–H groups in total. The fourth-order valence-corrected chi connectivity index (χ4v) is 2.35. The van der Waals surface area contributed by atoms with E-state index < -0.39 is 0 Å². The molecule has 1 saturated heterocycles. The summed E-state index contributed by atoms with van der Waals surface area (Å²) in [6.45, 7) is 5.91. The fraction of sp³-hybridized carbons (Fsp3) is 0.600. The Hall–Kier alpha value is -0.900. The second kappa shape index (κ2) is 6.32. The van der Waals surface area contributed by atoms with Crippen molar-refractivity contribution < 1.29 is 4.74 Å². The SMILES string of the molecule is CNCCc1ccccc1CNC1(C)CCOC1. The van der Waals surface area contributed by atoms with Crippen LogP contribution in [-0.4, -0.2) is 32.3 Å². The largest absolute Gasteiger partial charge is 0.379 e. The summed E-state index contributed by atoms with van der Waals surface area (Å²) in [6, 6.07) is 8.68. The molecule has 0 amide bonds. The van der Waals surface area contributed by atoms with Crippen molar-refractivity contribution >= 4 is 0 Å². The van der Waals surface area contributed by atoms with E-state index in [1.165, 1.54) is 11.1 Å². The van der Waals surface area contributed by atoms with Crippen LogP contribution in [-0.2, 0) is 17.7 Å². The van der Waals surface area contributed by atoms with Gasteiger partial charge in [0.1, 0.15) is 0 Å². The predicted molar refractivity (Wildman–Crippen MR) is 74.8 cm³/mol. The molecule has 0 aromatic heterocycles. The van der Waals surface area contributed by atoms with E-state index in [4.69, 9.17) is 4.74 Å². The Morgan fingerprint density at radius 2 is 2.06 bits per heavy atom. The van der Waals surface area contributed by atoms with Crippen LogP contribution in [0.1, 0.15) is 24.5 Å². The van der Waals surface area contributed by atoms with Gasteiger partial charge in [0.2, 0.25) is 0 Å². The molecule has 1 atom stereocenters. The molecule has 1 fully saturated rings. The molecule has 1 aliphatic rings. The van der Waals surface area contributed by atoms with Gasteiger partial charge in [0.25, 0.3) is 0 Å². The molecule has 1 aromatic carbocycles. The average molecular weight is 248 g/mol. The number of nitrogens with one attached hydrogen (secondary N) is 2. The molecule has 0 radical (unpaired) electrons. The van der Waals surface area contributed by atoms with Gasteiger partial charge in [-0.05, 0) is 44.5 Å². The van der Waals surface area contributed by atoms with Crippen LogP contribution in [0.3, 0.4) is 0 Å². The second-order valence-corrected chi connectivity index (χ2v) is 5.34. The predicted octanol–water partition coefficient (Wildman–Crippen LogP) is 1.72. The van der Waals surface area contributed by atoms with Gasteiger partial charge < -0.3 is 15.4 Å². The van der Waals surface area contributed by atoms with Crippen molar-refractivity contribution in [2.75, 3.05) is 26.8 Å². The van der Waals surface area contributed by atoms with Crippen LogP contribution >= 0.6 is 0 Å². The van der Waals surface area contributed by atoms with Gasteiger partial charge in [-0.2, -0.15) is 0 Å². The van der Waals surface area contributed by atoms with E-state index in [0.717, 1.165) is 39.1 Å². The van der Waals surface area contributed by atoms with Crippen LogP contribution in [0, 0.1) is 0 Å². The smallest absolute Gasteiger partial charge is 0.0646 e. The Morgan fingerprint density at radius 1 is 1.28 bits per heavy atom. The monoisotopic (exact) mass is 248 g/mol. The highest BCUT2D eigenvalue weighted by Gasteiger charge is 2.28. The summed E-state index contributed by atoms with van der Waals surface area (Å²) in [5, 5.41) is 6.85. The van der Waals surface area contributed by atoms with Crippen molar-refractivity contribution in [2.45, 2.75) is 31.8 Å². The van der Waals surface area contributed by atoms with Crippen molar-refractivity contribution in [3.63, 3.8) is 0 Å². The number of hydrogen-bond donors (Lipinski definition) is 2. The van der Waals surface area contributed by atoms with Crippen LogP contribution in [0.4, 0.5) is 0 Å². The molecule has 0 spiro atoms. The Kier molecular flexibility index (Phi) is 4.75. The quantitative estimate of drug-likeness (QED) is 0.804. The van der Waals surface area contributed by atoms with Crippen LogP contribution < -0.4 is 10.6 Å². The van der Waals surface area contributed by atoms with Crippen molar-refractivity contribution in [1.29, 1.82) is 0 Å². The standard InChI is InChI=1S/C15H24N2O/c1-15(8-10-18-12-15)17-11-14-6-4-3-5-13(14)7-9-16-2/h3-6,16-17H,7-12H2,1-2H3. The first kappa shape index (κ1) is 13.5. The van der Waals surface area contributed by atoms with E-state index >= 15 is 0 Å². The minimum atomic E-state index is 0.149. The Balaban J connectivity index is 1.95. The van der Waals surface area contributed by atoms with Crippen LogP contribution in [0.15, 0.2) is 24.3 Å². The van der Waals surface area contributed by atoms with E-state index in [2.05, 4.69) is 41.8 Å². The number of ether oxygens (including phenoxy) is 1. The molecule has 2 rings (SSSR count). The van der Waals surface area contributed by atoms with Gasteiger partial charge in [0.15, 0.2) is 0 Å². The highest BCUT2D eigenvalue weighted by atomic mass is 16.5. The van der Waals surface area contributed by atoms with Crippen molar-refractivity contribution in [2.24, 2.45) is 0 Å². The molecule has 1 unspecified atom stereocenters. The molecule has 1 aromatic rings. The number of benzene rings is 1. The maximum absolute atomic E-state index is 5.47. The first-order chi connectivity index (χ1) is 8.73. The lowest BCUT2D eigenvalue weighted by atomic mass is 9.99. The summed E-state index contributed by atoms with van der Waals surface area (Å²) in [5.74, 6) is 0. The number of rotatable bonds is 6. The van der Waals surface area contributed by atoms with Gasteiger partial charge >= 0.3 is 0 Å². The fourth-order valence-electron chi connectivity index (χ4n) is 2.35. The first-order valence-corrected chi connectivity index (χ1v) is 6.78. The van der Waals surface area contributed by atoms with Crippen molar-refractivity contribution in [3.05, 3.63) is 35.4 Å². The molecule has 1 heterocycles. The highest BCUT2D eigenvalue weighted by molar-refractivity contribution is 5.27. The third kappa shape index (κ3) is 3.55. The molecule has 1 aliphatic heterocycles. The zero-order valence-corrected chi connectivity index (χ0v) is 11.5. The normalized spacial score (nSPS) is 23.4. The number of hydrogen-bond acceptors (Lipinski definition) is 3. The molecular weight excluding hydrogens is 224 g/mol. The third-order valence-electron chi connectivity index (χ3n) is 3.69. The van der Waals surface area contributed by atoms with E-state index in [1.807, 2.05) is 7.05 Å². The molecule has 0 bridgehead atoms. The number of likely N-dealkylation sites (N-methyl/N-ethyl adjacent to an activating group) is 1. The second-order valence-electron chi connectivity index (χ2n) is 5.34. The lowest BCUT2D eigenvalue weighted by Gasteiger charge is -2.24. The average Bonchev–Trinajstić information content (AvgIpc) is 2.82. The lowest BCUT2D eigenvalue weighted by Crippen LogP contribution is -2.42. The summed E-state index contributed by atoms with van der Waals surface area (Å²) < 4.78 is 5.47. The summed E-state index contributed by atoms with van der Waals surface area (Å²) in [5.41, 5.74) is 2.98. The topological polar surface area (TPSA) is 33.3 Å². The molecular formula is C15H24N2O. The van der Waals surface area contributed by atoms with Gasteiger partial charge in [-0.15, -0.1) is 0 Å². The zero-order chi connectivity index (χ0) is 12.8. The van der Waals surface area contributed by atoms with Gasteiger partial charge in [-0.1, -0.05) is 24.3 Å². The summed E-state index contributed by atoms with van der Waals surface area (Å²) in [7, 11) is 2.00. The van der Waals surface area contributed by atoms with Crippen molar-refractivity contribution in [1.82, 2.24) is 10.6 Å². The van der Waals surface area contributed by atoms with Gasteiger partial charge in [0, 0.05) is 18.7 Å². The molecule has 3 heteroatoms. The summed E-state index contributed by atoms with van der Waals surface area (Å²) >= 11 is 0. The van der Waals surface area contributed by atoms with Gasteiger partial charge in [-0.3, -0.25) is 0 Å².